The second-order valence-electron chi connectivity index (χ2n) is 5.10. The van der Waals surface area contributed by atoms with Gasteiger partial charge in [0, 0.05) is 13.1 Å². The Morgan fingerprint density at radius 2 is 2.30 bits per heavy atom. The third-order valence-corrected chi connectivity index (χ3v) is 3.66. The van der Waals surface area contributed by atoms with Gasteiger partial charge in [-0.05, 0) is 37.9 Å². The number of rotatable bonds is 4. The average Bonchev–Trinajstić information content (AvgIpc) is 2.48. The third kappa shape index (κ3) is 3.58. The van der Waals surface area contributed by atoms with Crippen molar-refractivity contribution in [2.75, 3.05) is 19.7 Å². The molecule has 0 aromatic heterocycles. The van der Waals surface area contributed by atoms with Crippen LogP contribution in [-0.2, 0) is 16.1 Å². The Bertz CT molecular complexity index is 507. The molecular weight excluding hydrogens is 252 g/mol. The number of hydrogen-bond acceptors (Lipinski definition) is 4. The van der Waals surface area contributed by atoms with Gasteiger partial charge in [0.2, 0.25) is 0 Å². The molecular formula is C16H20N2O2. The number of likely N-dealkylation sites (tertiary alicyclic amines) is 1. The van der Waals surface area contributed by atoms with Crippen LogP contribution in [0.15, 0.2) is 24.3 Å². The maximum atomic E-state index is 11.8. The molecule has 4 heteroatoms. The molecule has 1 atom stereocenters. The van der Waals surface area contributed by atoms with Crippen molar-refractivity contribution in [1.29, 1.82) is 5.26 Å². The SMILES string of the molecule is CCOC(=O)[C@@H]1CCCN(Cc2ccccc2C#N)C1. The molecule has 0 radical (unpaired) electrons. The van der Waals surface area contributed by atoms with E-state index in [1.165, 1.54) is 0 Å². The molecule has 106 valence electrons. The molecule has 1 aliphatic heterocycles. The van der Waals surface area contributed by atoms with E-state index in [-0.39, 0.29) is 11.9 Å². The number of carbonyl (C=O) groups is 1. The summed E-state index contributed by atoms with van der Waals surface area (Å²) >= 11 is 0. The molecule has 1 heterocycles. The molecule has 0 aliphatic carbocycles. The normalized spacial score (nSPS) is 19.3. The molecule has 1 saturated heterocycles. The fourth-order valence-electron chi connectivity index (χ4n) is 2.66. The maximum Gasteiger partial charge on any atom is 0.310 e. The molecule has 20 heavy (non-hydrogen) atoms. The predicted octanol–water partition coefficient (Wildman–Crippen LogP) is 2.33. The highest BCUT2D eigenvalue weighted by molar-refractivity contribution is 5.72. The summed E-state index contributed by atoms with van der Waals surface area (Å²) in [5.74, 6) is -0.122. The molecule has 0 saturated carbocycles. The lowest BCUT2D eigenvalue weighted by atomic mass is 9.97. The number of piperidine rings is 1. The van der Waals surface area contributed by atoms with Crippen molar-refractivity contribution in [1.82, 2.24) is 4.90 Å². The first kappa shape index (κ1) is 14.5. The molecule has 2 rings (SSSR count). The Morgan fingerprint density at radius 3 is 3.05 bits per heavy atom. The van der Waals surface area contributed by atoms with Gasteiger partial charge in [0.05, 0.1) is 24.2 Å². The highest BCUT2D eigenvalue weighted by Crippen LogP contribution is 2.20. The Labute approximate surface area is 120 Å². The highest BCUT2D eigenvalue weighted by atomic mass is 16.5. The molecule has 0 bridgehead atoms. The highest BCUT2D eigenvalue weighted by Gasteiger charge is 2.26. The number of esters is 1. The van der Waals surface area contributed by atoms with Crippen molar-refractivity contribution in [2.45, 2.75) is 26.3 Å². The number of nitriles is 1. The fourth-order valence-corrected chi connectivity index (χ4v) is 2.66. The number of carbonyl (C=O) groups excluding carboxylic acids is 1. The molecule has 4 nitrogen and oxygen atoms in total. The summed E-state index contributed by atoms with van der Waals surface area (Å²) < 4.78 is 5.11. The summed E-state index contributed by atoms with van der Waals surface area (Å²) in [6.45, 7) is 4.68. The van der Waals surface area contributed by atoms with Gasteiger partial charge >= 0.3 is 5.97 Å². The molecule has 1 aromatic carbocycles. The van der Waals surface area contributed by atoms with Crippen LogP contribution in [0.4, 0.5) is 0 Å². The Hall–Kier alpha value is -1.86. The van der Waals surface area contributed by atoms with Crippen molar-refractivity contribution in [3.63, 3.8) is 0 Å². The zero-order valence-corrected chi connectivity index (χ0v) is 11.8. The summed E-state index contributed by atoms with van der Waals surface area (Å²) in [5.41, 5.74) is 1.74. The van der Waals surface area contributed by atoms with Crippen molar-refractivity contribution in [2.24, 2.45) is 5.92 Å². The van der Waals surface area contributed by atoms with Gasteiger partial charge in [-0.3, -0.25) is 9.69 Å². The third-order valence-electron chi connectivity index (χ3n) is 3.66. The quantitative estimate of drug-likeness (QED) is 0.789. The molecule has 0 N–H and O–H groups in total. The van der Waals surface area contributed by atoms with Crippen LogP contribution in [0.2, 0.25) is 0 Å². The molecule has 1 aliphatic rings. The van der Waals surface area contributed by atoms with Crippen LogP contribution in [0.3, 0.4) is 0 Å². The lowest BCUT2D eigenvalue weighted by Crippen LogP contribution is -2.39. The van der Waals surface area contributed by atoms with Gasteiger partial charge in [0.1, 0.15) is 0 Å². The van der Waals surface area contributed by atoms with E-state index in [0.717, 1.165) is 38.0 Å². The molecule has 1 fully saturated rings. The first-order valence-electron chi connectivity index (χ1n) is 7.11. The van der Waals surface area contributed by atoms with Crippen LogP contribution in [0.25, 0.3) is 0 Å². The van der Waals surface area contributed by atoms with E-state index < -0.39 is 0 Å². The van der Waals surface area contributed by atoms with Crippen LogP contribution in [0.5, 0.6) is 0 Å². The van der Waals surface area contributed by atoms with Gasteiger partial charge in [-0.15, -0.1) is 0 Å². The van der Waals surface area contributed by atoms with E-state index in [9.17, 15) is 4.79 Å². The van der Waals surface area contributed by atoms with Gasteiger partial charge in [-0.2, -0.15) is 5.26 Å². The van der Waals surface area contributed by atoms with Gasteiger partial charge in [0.15, 0.2) is 0 Å². The molecule has 0 amide bonds. The molecule has 0 unspecified atom stereocenters. The van der Waals surface area contributed by atoms with E-state index in [4.69, 9.17) is 10.00 Å². The molecule has 0 spiro atoms. The topological polar surface area (TPSA) is 53.3 Å². The van der Waals surface area contributed by atoms with Crippen LogP contribution in [0, 0.1) is 17.2 Å². The monoisotopic (exact) mass is 272 g/mol. The number of ether oxygens (including phenoxy) is 1. The van der Waals surface area contributed by atoms with E-state index in [0.29, 0.717) is 12.2 Å². The first-order valence-corrected chi connectivity index (χ1v) is 7.11. The van der Waals surface area contributed by atoms with Crippen LogP contribution < -0.4 is 0 Å². The maximum absolute atomic E-state index is 11.8. The van der Waals surface area contributed by atoms with Gasteiger partial charge in [0.25, 0.3) is 0 Å². The Balaban J connectivity index is 1.99. The first-order chi connectivity index (χ1) is 9.74. The van der Waals surface area contributed by atoms with Crippen molar-refractivity contribution in [3.05, 3.63) is 35.4 Å². The number of hydrogen-bond donors (Lipinski definition) is 0. The van der Waals surface area contributed by atoms with Crippen LogP contribution >= 0.6 is 0 Å². The van der Waals surface area contributed by atoms with Crippen molar-refractivity contribution < 1.29 is 9.53 Å². The standard InChI is InChI=1S/C16H20N2O2/c1-2-20-16(19)15-8-5-9-18(12-15)11-14-7-4-3-6-13(14)10-17/h3-4,6-7,15H,2,5,8-9,11-12H2,1H3/t15-/m1/s1. The lowest BCUT2D eigenvalue weighted by Gasteiger charge is -2.31. The number of nitrogens with zero attached hydrogens (tertiary/aromatic N) is 2. The fraction of sp³-hybridized carbons (Fsp3) is 0.500. The van der Waals surface area contributed by atoms with Crippen LogP contribution in [-0.4, -0.2) is 30.6 Å². The van der Waals surface area contributed by atoms with Gasteiger partial charge in [-0.1, -0.05) is 18.2 Å². The second-order valence-corrected chi connectivity index (χ2v) is 5.10. The van der Waals surface area contributed by atoms with E-state index >= 15 is 0 Å². The zero-order valence-electron chi connectivity index (χ0n) is 11.8. The summed E-state index contributed by atoms with van der Waals surface area (Å²) in [5, 5.41) is 9.12. The van der Waals surface area contributed by atoms with E-state index in [2.05, 4.69) is 11.0 Å². The number of benzene rings is 1. The smallest absolute Gasteiger partial charge is 0.310 e. The van der Waals surface area contributed by atoms with Crippen LogP contribution in [0.1, 0.15) is 30.9 Å². The van der Waals surface area contributed by atoms with Crippen molar-refractivity contribution in [3.8, 4) is 6.07 Å². The minimum absolute atomic E-state index is 0.0297. The van der Waals surface area contributed by atoms with Crippen molar-refractivity contribution >= 4 is 5.97 Å². The Kier molecular flexibility index (Phi) is 5.14. The summed E-state index contributed by atoms with van der Waals surface area (Å²) in [6.07, 6.45) is 1.90. The van der Waals surface area contributed by atoms with Gasteiger partial charge in [-0.25, -0.2) is 0 Å². The second kappa shape index (κ2) is 7.06. The minimum Gasteiger partial charge on any atom is -0.466 e. The lowest BCUT2D eigenvalue weighted by molar-refractivity contribution is -0.150. The Morgan fingerprint density at radius 1 is 1.50 bits per heavy atom. The summed E-state index contributed by atoms with van der Waals surface area (Å²) in [4.78, 5) is 14.1. The zero-order chi connectivity index (χ0) is 14.4. The van der Waals surface area contributed by atoms with E-state index in [1.54, 1.807) is 0 Å². The van der Waals surface area contributed by atoms with Gasteiger partial charge < -0.3 is 4.74 Å². The molecule has 1 aromatic rings. The predicted molar refractivity (Wildman–Crippen MR) is 75.8 cm³/mol. The van der Waals surface area contributed by atoms with E-state index in [1.807, 2.05) is 31.2 Å². The minimum atomic E-state index is -0.0919. The largest absolute Gasteiger partial charge is 0.466 e. The summed E-state index contributed by atoms with van der Waals surface area (Å²) in [7, 11) is 0. The summed E-state index contributed by atoms with van der Waals surface area (Å²) in [6, 6.07) is 9.86. The average molecular weight is 272 g/mol.